The van der Waals surface area contributed by atoms with Crippen LogP contribution in [0.2, 0.25) is 0 Å². The summed E-state index contributed by atoms with van der Waals surface area (Å²) in [5.41, 5.74) is 1.31. The number of methoxy groups -OCH3 is 1. The van der Waals surface area contributed by atoms with Gasteiger partial charge in [0.05, 0.1) is 18.4 Å². The highest BCUT2D eigenvalue weighted by atomic mass is 16.5. The predicted octanol–water partition coefficient (Wildman–Crippen LogP) is 0.845. The van der Waals surface area contributed by atoms with Crippen LogP contribution in [0.15, 0.2) is 6.07 Å². The molecule has 1 rings (SSSR count). The van der Waals surface area contributed by atoms with E-state index in [1.807, 2.05) is 0 Å². The fourth-order valence-electron chi connectivity index (χ4n) is 1.76. The van der Waals surface area contributed by atoms with Crippen LogP contribution in [0.25, 0.3) is 0 Å². The highest BCUT2D eigenvalue weighted by molar-refractivity contribution is 5.92. The summed E-state index contributed by atoms with van der Waals surface area (Å²) in [6.45, 7) is 6.84. The second-order valence-corrected chi connectivity index (χ2v) is 5.94. The molecule has 1 heterocycles. The summed E-state index contributed by atoms with van der Waals surface area (Å²) in [5, 5.41) is 16.6. The molecule has 20 heavy (non-hydrogen) atoms. The van der Waals surface area contributed by atoms with Crippen molar-refractivity contribution in [1.82, 2.24) is 15.1 Å². The zero-order valence-electron chi connectivity index (χ0n) is 12.9. The molecule has 0 saturated carbocycles. The average molecular weight is 283 g/mol. The lowest BCUT2D eigenvalue weighted by Crippen LogP contribution is -2.29. The molecule has 0 aromatic carbocycles. The van der Waals surface area contributed by atoms with Gasteiger partial charge in [0.15, 0.2) is 0 Å². The lowest BCUT2D eigenvalue weighted by atomic mass is 9.92. The third-order valence-electron chi connectivity index (χ3n) is 3.00. The van der Waals surface area contributed by atoms with Crippen LogP contribution in [0, 0.1) is 0 Å². The summed E-state index contributed by atoms with van der Waals surface area (Å²) >= 11 is 0. The third-order valence-corrected chi connectivity index (χ3v) is 3.00. The van der Waals surface area contributed by atoms with E-state index in [2.05, 4.69) is 31.2 Å². The number of amides is 1. The lowest BCUT2D eigenvalue weighted by molar-refractivity contribution is 0.0587. The summed E-state index contributed by atoms with van der Waals surface area (Å²) < 4.78 is 6.41. The van der Waals surface area contributed by atoms with E-state index in [0.717, 1.165) is 5.69 Å². The molecule has 1 aromatic rings. The molecule has 2 N–H and O–H groups in total. The van der Waals surface area contributed by atoms with E-state index >= 15 is 0 Å². The van der Waals surface area contributed by atoms with Crippen molar-refractivity contribution in [2.24, 2.45) is 7.05 Å². The van der Waals surface area contributed by atoms with E-state index in [0.29, 0.717) is 18.7 Å². The molecule has 0 aliphatic carbocycles. The van der Waals surface area contributed by atoms with Crippen LogP contribution in [0.5, 0.6) is 0 Å². The second kappa shape index (κ2) is 6.85. The minimum atomic E-state index is -0.558. The molecule has 1 atom stereocenters. The first kappa shape index (κ1) is 16.7. The van der Waals surface area contributed by atoms with Crippen molar-refractivity contribution in [3.8, 4) is 0 Å². The Kier molecular flexibility index (Phi) is 5.71. The number of hydrogen-bond acceptors (Lipinski definition) is 4. The van der Waals surface area contributed by atoms with Gasteiger partial charge in [-0.15, -0.1) is 0 Å². The van der Waals surface area contributed by atoms with Gasteiger partial charge in [-0.2, -0.15) is 5.10 Å². The van der Waals surface area contributed by atoms with Gasteiger partial charge in [0, 0.05) is 26.1 Å². The van der Waals surface area contributed by atoms with Gasteiger partial charge < -0.3 is 15.2 Å². The number of ether oxygens (including phenoxy) is 1. The Morgan fingerprint density at radius 3 is 2.70 bits per heavy atom. The zero-order chi connectivity index (χ0) is 15.3. The van der Waals surface area contributed by atoms with Crippen molar-refractivity contribution in [3.63, 3.8) is 0 Å². The van der Waals surface area contributed by atoms with Crippen molar-refractivity contribution < 1.29 is 14.6 Å². The highest BCUT2D eigenvalue weighted by Gasteiger charge is 2.21. The lowest BCUT2D eigenvalue weighted by Gasteiger charge is -2.13. The molecule has 1 unspecified atom stereocenters. The second-order valence-electron chi connectivity index (χ2n) is 5.94. The Hall–Kier alpha value is -1.40. The monoisotopic (exact) mass is 283 g/mol. The van der Waals surface area contributed by atoms with Crippen LogP contribution in [-0.2, 0) is 17.2 Å². The van der Waals surface area contributed by atoms with Crippen molar-refractivity contribution in [2.45, 2.75) is 38.7 Å². The van der Waals surface area contributed by atoms with E-state index < -0.39 is 6.10 Å². The Labute approximate surface area is 120 Å². The molecule has 114 valence electrons. The van der Waals surface area contributed by atoms with Gasteiger partial charge in [0.2, 0.25) is 0 Å². The summed E-state index contributed by atoms with van der Waals surface area (Å²) in [6, 6.07) is 1.81. The Bertz CT molecular complexity index is 449. The number of carbonyl (C=O) groups is 1. The molecule has 0 fully saturated rings. The molecule has 0 aliphatic rings. The molecule has 1 aromatic heterocycles. The maximum atomic E-state index is 12.1. The summed E-state index contributed by atoms with van der Waals surface area (Å²) in [7, 11) is 3.29. The highest BCUT2D eigenvalue weighted by Crippen LogP contribution is 2.21. The smallest absolute Gasteiger partial charge is 0.269 e. The number of aromatic nitrogens is 2. The zero-order valence-corrected chi connectivity index (χ0v) is 12.9. The number of nitrogens with zero attached hydrogens (tertiary/aromatic N) is 2. The van der Waals surface area contributed by atoms with Gasteiger partial charge in [0.25, 0.3) is 5.91 Å². The third kappa shape index (κ3) is 4.61. The topological polar surface area (TPSA) is 76.4 Å². The quantitative estimate of drug-likeness (QED) is 0.811. The number of rotatable bonds is 6. The summed E-state index contributed by atoms with van der Waals surface area (Å²) in [4.78, 5) is 12.1. The molecule has 6 heteroatoms. The van der Waals surface area contributed by atoms with Gasteiger partial charge >= 0.3 is 0 Å². The number of aryl methyl sites for hydroxylation is 1. The minimum Gasteiger partial charge on any atom is -0.391 e. The van der Waals surface area contributed by atoms with E-state index in [9.17, 15) is 9.90 Å². The molecule has 0 spiro atoms. The average Bonchev–Trinajstić information content (AvgIpc) is 2.71. The normalized spacial score (nSPS) is 13.3. The molecule has 0 aliphatic heterocycles. The fourth-order valence-corrected chi connectivity index (χ4v) is 1.76. The minimum absolute atomic E-state index is 0.0923. The van der Waals surface area contributed by atoms with E-state index in [4.69, 9.17) is 4.74 Å². The van der Waals surface area contributed by atoms with Crippen LogP contribution in [0.4, 0.5) is 0 Å². The molecule has 0 bridgehead atoms. The first-order valence-electron chi connectivity index (χ1n) is 6.75. The largest absolute Gasteiger partial charge is 0.391 e. The summed E-state index contributed by atoms with van der Waals surface area (Å²) in [5.74, 6) is -0.180. The van der Waals surface area contributed by atoms with Gasteiger partial charge in [0.1, 0.15) is 5.69 Å². The van der Waals surface area contributed by atoms with Crippen LogP contribution in [0.3, 0.4) is 0 Å². The standard InChI is InChI=1S/C14H25N3O3/c1-14(2,3)12-8-11(17(4)16-12)13(19)15-7-6-10(18)9-20-5/h8,10,18H,6-7,9H2,1-5H3,(H,15,19). The van der Waals surface area contributed by atoms with Gasteiger partial charge in [-0.3, -0.25) is 9.48 Å². The van der Waals surface area contributed by atoms with Crippen LogP contribution in [0.1, 0.15) is 43.4 Å². The number of hydrogen-bond donors (Lipinski definition) is 2. The van der Waals surface area contributed by atoms with E-state index in [1.54, 1.807) is 17.8 Å². The molecule has 0 radical (unpaired) electrons. The summed E-state index contributed by atoms with van der Waals surface area (Å²) in [6.07, 6.45) is -0.0965. The molecular weight excluding hydrogens is 258 g/mol. The number of aliphatic hydroxyl groups is 1. The van der Waals surface area contributed by atoms with Crippen molar-refractivity contribution in [3.05, 3.63) is 17.5 Å². The maximum absolute atomic E-state index is 12.1. The first-order valence-corrected chi connectivity index (χ1v) is 6.75. The van der Waals surface area contributed by atoms with Crippen LogP contribution < -0.4 is 5.32 Å². The van der Waals surface area contributed by atoms with E-state index in [1.165, 1.54) is 7.11 Å². The first-order chi connectivity index (χ1) is 9.25. The number of aliphatic hydroxyl groups excluding tert-OH is 1. The Morgan fingerprint density at radius 2 is 2.20 bits per heavy atom. The van der Waals surface area contributed by atoms with Gasteiger partial charge in [-0.1, -0.05) is 20.8 Å². The van der Waals surface area contributed by atoms with Gasteiger partial charge in [-0.05, 0) is 12.5 Å². The SMILES string of the molecule is COCC(O)CCNC(=O)c1cc(C(C)(C)C)nn1C. The van der Waals surface area contributed by atoms with Crippen molar-refractivity contribution in [1.29, 1.82) is 0 Å². The molecule has 0 saturated heterocycles. The molecule has 6 nitrogen and oxygen atoms in total. The van der Waals surface area contributed by atoms with Gasteiger partial charge in [-0.25, -0.2) is 0 Å². The van der Waals surface area contributed by atoms with Crippen LogP contribution >= 0.6 is 0 Å². The maximum Gasteiger partial charge on any atom is 0.269 e. The molecular formula is C14H25N3O3. The van der Waals surface area contributed by atoms with Crippen molar-refractivity contribution >= 4 is 5.91 Å². The number of carbonyl (C=O) groups excluding carboxylic acids is 1. The predicted molar refractivity (Wildman–Crippen MR) is 76.7 cm³/mol. The fraction of sp³-hybridized carbons (Fsp3) is 0.714. The van der Waals surface area contributed by atoms with Crippen molar-refractivity contribution in [2.75, 3.05) is 20.3 Å². The Morgan fingerprint density at radius 1 is 1.55 bits per heavy atom. The number of nitrogens with one attached hydrogen (secondary N) is 1. The molecule has 1 amide bonds. The Balaban J connectivity index is 2.58. The van der Waals surface area contributed by atoms with E-state index in [-0.39, 0.29) is 17.9 Å². The van der Waals surface area contributed by atoms with Crippen LogP contribution in [-0.4, -0.2) is 47.2 Å².